The highest BCUT2D eigenvalue weighted by atomic mass is 35.5. The summed E-state index contributed by atoms with van der Waals surface area (Å²) in [5.74, 6) is -1.16. The van der Waals surface area contributed by atoms with E-state index in [1.807, 2.05) is 0 Å². The first-order chi connectivity index (χ1) is 8.81. The average molecular weight is 307 g/mol. The van der Waals surface area contributed by atoms with E-state index in [4.69, 9.17) is 16.7 Å². The lowest BCUT2D eigenvalue weighted by Gasteiger charge is -2.19. The fourth-order valence-corrected chi connectivity index (χ4v) is 3.02. The van der Waals surface area contributed by atoms with Crippen LogP contribution in [-0.2, 0) is 10.2 Å². The lowest BCUT2D eigenvalue weighted by molar-refractivity contribution is 0.0697. The van der Waals surface area contributed by atoms with Crippen molar-refractivity contribution in [2.45, 2.75) is 13.8 Å². The monoisotopic (exact) mass is 306 g/mol. The van der Waals surface area contributed by atoms with Crippen molar-refractivity contribution < 1.29 is 18.3 Å². The first-order valence-electron chi connectivity index (χ1n) is 5.62. The van der Waals surface area contributed by atoms with Gasteiger partial charge in [0.05, 0.1) is 16.3 Å². The Kier molecular flexibility index (Phi) is 5.16. The quantitative estimate of drug-likeness (QED) is 0.842. The largest absolute Gasteiger partial charge is 0.478 e. The zero-order valence-electron chi connectivity index (χ0n) is 10.6. The van der Waals surface area contributed by atoms with Crippen molar-refractivity contribution in [2.24, 2.45) is 0 Å². The number of hydrogen-bond acceptors (Lipinski definition) is 3. The second kappa shape index (κ2) is 6.23. The third-order valence-electron chi connectivity index (χ3n) is 2.49. The van der Waals surface area contributed by atoms with E-state index < -0.39 is 16.2 Å². The summed E-state index contributed by atoms with van der Waals surface area (Å²) < 4.78 is 27.5. The van der Waals surface area contributed by atoms with Crippen LogP contribution in [0.2, 0.25) is 5.02 Å². The second-order valence-corrected chi connectivity index (χ2v) is 5.77. The molecule has 2 N–H and O–H groups in total. The first-order valence-corrected chi connectivity index (χ1v) is 7.44. The van der Waals surface area contributed by atoms with Crippen LogP contribution in [-0.4, -0.2) is 36.9 Å². The number of benzene rings is 1. The molecule has 1 rings (SSSR count). The Morgan fingerprint density at radius 1 is 1.37 bits per heavy atom. The number of anilines is 1. The molecule has 0 atom stereocenters. The summed E-state index contributed by atoms with van der Waals surface area (Å²) in [5.41, 5.74) is 0.148. The van der Waals surface area contributed by atoms with Crippen LogP contribution in [0.4, 0.5) is 5.69 Å². The van der Waals surface area contributed by atoms with Crippen molar-refractivity contribution in [2.75, 3.05) is 17.8 Å². The molecule has 8 heteroatoms. The van der Waals surface area contributed by atoms with Crippen molar-refractivity contribution in [3.63, 3.8) is 0 Å². The van der Waals surface area contributed by atoms with E-state index in [-0.39, 0.29) is 16.3 Å². The van der Waals surface area contributed by atoms with Crippen LogP contribution in [0.15, 0.2) is 18.2 Å². The molecule has 0 radical (unpaired) electrons. The van der Waals surface area contributed by atoms with Gasteiger partial charge in [-0.3, -0.25) is 4.72 Å². The van der Waals surface area contributed by atoms with E-state index in [0.29, 0.717) is 13.1 Å². The van der Waals surface area contributed by atoms with Gasteiger partial charge in [0, 0.05) is 13.1 Å². The molecule has 19 heavy (non-hydrogen) atoms. The Morgan fingerprint density at radius 3 is 2.37 bits per heavy atom. The predicted octanol–water partition coefficient (Wildman–Crippen LogP) is 2.04. The third kappa shape index (κ3) is 3.82. The number of hydrogen-bond donors (Lipinski definition) is 2. The van der Waals surface area contributed by atoms with Crippen molar-refractivity contribution >= 4 is 33.5 Å². The molecule has 1 aromatic rings. The summed E-state index contributed by atoms with van der Waals surface area (Å²) in [6.45, 7) is 4.13. The Hall–Kier alpha value is -1.31. The van der Waals surface area contributed by atoms with E-state index in [2.05, 4.69) is 4.72 Å². The fourth-order valence-electron chi connectivity index (χ4n) is 1.53. The van der Waals surface area contributed by atoms with Gasteiger partial charge in [0.1, 0.15) is 0 Å². The normalized spacial score (nSPS) is 11.6. The molecule has 0 aliphatic carbocycles. The van der Waals surface area contributed by atoms with Crippen LogP contribution in [0.3, 0.4) is 0 Å². The molecule has 6 nitrogen and oxygen atoms in total. The molecule has 0 aliphatic rings. The van der Waals surface area contributed by atoms with Crippen LogP contribution in [0.1, 0.15) is 24.2 Å². The number of carboxylic acids is 1. The maximum atomic E-state index is 11.9. The molecule has 0 spiro atoms. The zero-order chi connectivity index (χ0) is 14.6. The minimum atomic E-state index is -3.65. The minimum absolute atomic E-state index is 0.0211. The van der Waals surface area contributed by atoms with Crippen LogP contribution in [0.25, 0.3) is 0 Å². The molecule has 106 valence electrons. The lowest BCUT2D eigenvalue weighted by Crippen LogP contribution is -2.35. The van der Waals surface area contributed by atoms with E-state index >= 15 is 0 Å². The minimum Gasteiger partial charge on any atom is -0.478 e. The van der Waals surface area contributed by atoms with Gasteiger partial charge < -0.3 is 5.11 Å². The summed E-state index contributed by atoms with van der Waals surface area (Å²) in [4.78, 5) is 10.8. The van der Waals surface area contributed by atoms with Gasteiger partial charge in [0.2, 0.25) is 0 Å². The summed E-state index contributed by atoms with van der Waals surface area (Å²) in [6.07, 6.45) is 0. The molecule has 0 fully saturated rings. The molecule has 0 heterocycles. The van der Waals surface area contributed by atoms with Crippen molar-refractivity contribution in [1.29, 1.82) is 0 Å². The summed E-state index contributed by atoms with van der Waals surface area (Å²) in [6, 6.07) is 3.88. The van der Waals surface area contributed by atoms with E-state index in [1.54, 1.807) is 13.8 Å². The van der Waals surface area contributed by atoms with Crippen LogP contribution in [0, 0.1) is 0 Å². The maximum Gasteiger partial charge on any atom is 0.337 e. The molecule has 1 aromatic carbocycles. The second-order valence-electron chi connectivity index (χ2n) is 3.69. The highest BCUT2D eigenvalue weighted by Gasteiger charge is 2.19. The lowest BCUT2D eigenvalue weighted by atomic mass is 10.2. The molecule has 0 unspecified atom stereocenters. The number of nitrogens with one attached hydrogen (secondary N) is 1. The molecular weight excluding hydrogens is 292 g/mol. The Balaban J connectivity index is 3.01. The summed E-state index contributed by atoms with van der Waals surface area (Å²) >= 11 is 5.77. The smallest absolute Gasteiger partial charge is 0.337 e. The van der Waals surface area contributed by atoms with E-state index in [0.717, 1.165) is 0 Å². The molecule has 0 saturated heterocycles. The van der Waals surface area contributed by atoms with Crippen LogP contribution in [0.5, 0.6) is 0 Å². The van der Waals surface area contributed by atoms with Crippen molar-refractivity contribution in [3.8, 4) is 0 Å². The Bertz CT molecular complexity index is 570. The fraction of sp³-hybridized carbons (Fsp3) is 0.364. The number of carboxylic acid groups (broad SMARTS) is 1. The number of rotatable bonds is 6. The van der Waals surface area contributed by atoms with Gasteiger partial charge in [-0.15, -0.1) is 0 Å². The maximum absolute atomic E-state index is 11.9. The topological polar surface area (TPSA) is 86.7 Å². The first kappa shape index (κ1) is 15.7. The van der Waals surface area contributed by atoms with Gasteiger partial charge >= 0.3 is 16.2 Å². The van der Waals surface area contributed by atoms with Crippen LogP contribution >= 0.6 is 11.6 Å². The van der Waals surface area contributed by atoms with Crippen molar-refractivity contribution in [1.82, 2.24) is 4.31 Å². The Labute approximate surface area is 117 Å². The number of halogens is 1. The van der Waals surface area contributed by atoms with Gasteiger partial charge in [-0.2, -0.15) is 12.7 Å². The Morgan fingerprint density at radius 2 is 1.95 bits per heavy atom. The standard InChI is InChI=1S/C11H15ClN2O4S/c1-3-14(4-2)19(17,18)13-8-5-6-9(11(15)16)10(12)7-8/h5-7,13H,3-4H2,1-2H3,(H,15,16). The van der Waals surface area contributed by atoms with E-state index in [9.17, 15) is 13.2 Å². The van der Waals surface area contributed by atoms with E-state index in [1.165, 1.54) is 22.5 Å². The van der Waals surface area contributed by atoms with Crippen molar-refractivity contribution in [3.05, 3.63) is 28.8 Å². The van der Waals surface area contributed by atoms with Gasteiger partial charge in [-0.1, -0.05) is 25.4 Å². The van der Waals surface area contributed by atoms with Crippen LogP contribution < -0.4 is 4.72 Å². The average Bonchev–Trinajstić information content (AvgIpc) is 2.28. The number of nitrogens with zero attached hydrogens (tertiary/aromatic N) is 1. The molecular formula is C11H15ClN2O4S. The predicted molar refractivity (Wildman–Crippen MR) is 73.9 cm³/mol. The summed E-state index contributed by atoms with van der Waals surface area (Å²) in [7, 11) is -3.65. The van der Waals surface area contributed by atoms with Gasteiger partial charge in [0.25, 0.3) is 0 Å². The molecule has 0 amide bonds. The van der Waals surface area contributed by atoms with Gasteiger partial charge in [-0.25, -0.2) is 4.79 Å². The molecule has 0 aliphatic heterocycles. The highest BCUT2D eigenvalue weighted by molar-refractivity contribution is 7.90. The SMILES string of the molecule is CCN(CC)S(=O)(=O)Nc1ccc(C(=O)O)c(Cl)c1. The van der Waals surface area contributed by atoms with Gasteiger partial charge in [0.15, 0.2) is 0 Å². The van der Waals surface area contributed by atoms with Gasteiger partial charge in [-0.05, 0) is 18.2 Å². The highest BCUT2D eigenvalue weighted by Crippen LogP contribution is 2.22. The molecule has 0 saturated carbocycles. The number of aromatic carboxylic acids is 1. The molecule has 0 bridgehead atoms. The number of carbonyl (C=O) groups is 1. The zero-order valence-corrected chi connectivity index (χ0v) is 12.1. The third-order valence-corrected chi connectivity index (χ3v) is 4.49. The summed E-state index contributed by atoms with van der Waals surface area (Å²) in [5, 5.41) is 8.80. The molecule has 0 aromatic heterocycles.